The first-order valence-corrected chi connectivity index (χ1v) is 9.95. The van der Waals surface area contributed by atoms with Crippen molar-refractivity contribution in [2.24, 2.45) is 4.99 Å². The minimum Gasteiger partial charge on any atom is -0.364 e. The fraction of sp³-hybridized carbons (Fsp3) is 0.364. The molecule has 2 aromatic carbocycles. The van der Waals surface area contributed by atoms with Gasteiger partial charge in [0, 0.05) is 45.3 Å². The average Bonchev–Trinajstić information content (AvgIpc) is 3.26. The normalized spacial score (nSPS) is 15.9. The van der Waals surface area contributed by atoms with Crippen LogP contribution in [0.15, 0.2) is 64.3 Å². The predicted octanol–water partition coefficient (Wildman–Crippen LogP) is 3.11. The molecule has 1 aromatic heterocycles. The highest BCUT2D eigenvalue weighted by Crippen LogP contribution is 2.20. The molecule has 1 fully saturated rings. The molecular weight excluding hydrogens is 350 g/mol. The number of benzene rings is 2. The van der Waals surface area contributed by atoms with Crippen LogP contribution in [-0.2, 0) is 13.1 Å². The highest BCUT2D eigenvalue weighted by molar-refractivity contribution is 5.85. The lowest BCUT2D eigenvalue weighted by molar-refractivity contribution is 0.173. The molecule has 0 unspecified atom stereocenters. The molecule has 1 N–H and O–H groups in total. The molecule has 1 saturated heterocycles. The molecule has 0 aliphatic carbocycles. The van der Waals surface area contributed by atoms with E-state index in [9.17, 15) is 0 Å². The quantitative estimate of drug-likeness (QED) is 0.547. The van der Waals surface area contributed by atoms with Crippen LogP contribution in [0.3, 0.4) is 0 Å². The zero-order valence-corrected chi connectivity index (χ0v) is 16.3. The topological polar surface area (TPSA) is 56.9 Å². The number of nitrogens with zero attached hydrogens (tertiary/aromatic N) is 4. The summed E-state index contributed by atoms with van der Waals surface area (Å²) >= 11 is 0. The van der Waals surface area contributed by atoms with Crippen molar-refractivity contribution >= 4 is 16.7 Å². The first kappa shape index (κ1) is 18.5. The van der Waals surface area contributed by atoms with Gasteiger partial charge in [-0.3, -0.25) is 4.90 Å². The van der Waals surface area contributed by atoms with Gasteiger partial charge in [-0.25, -0.2) is 4.99 Å². The maximum absolute atomic E-state index is 4.89. The second kappa shape index (κ2) is 8.89. The van der Waals surface area contributed by atoms with Crippen molar-refractivity contribution in [1.29, 1.82) is 0 Å². The Morgan fingerprint density at radius 1 is 1.07 bits per heavy atom. The summed E-state index contributed by atoms with van der Waals surface area (Å²) in [4.78, 5) is 9.58. The summed E-state index contributed by atoms with van der Waals surface area (Å²) in [6.45, 7) is 8.47. The Balaban J connectivity index is 1.38. The van der Waals surface area contributed by atoms with E-state index < -0.39 is 0 Å². The molecule has 4 rings (SSSR count). The van der Waals surface area contributed by atoms with Crippen LogP contribution in [0.1, 0.15) is 18.2 Å². The molecule has 2 heterocycles. The van der Waals surface area contributed by atoms with E-state index in [1.807, 2.05) is 6.07 Å². The first-order chi connectivity index (χ1) is 13.8. The number of aliphatic imine (C=N–C) groups is 1. The zero-order valence-electron chi connectivity index (χ0n) is 16.3. The van der Waals surface area contributed by atoms with Crippen molar-refractivity contribution in [3.63, 3.8) is 0 Å². The van der Waals surface area contributed by atoms with Gasteiger partial charge in [0.1, 0.15) is 12.0 Å². The molecule has 28 heavy (non-hydrogen) atoms. The molecular formula is C22H27N5O. The van der Waals surface area contributed by atoms with E-state index in [1.54, 1.807) is 6.26 Å². The van der Waals surface area contributed by atoms with Crippen molar-refractivity contribution in [3.05, 3.63) is 66.1 Å². The molecule has 0 saturated carbocycles. The molecule has 0 radical (unpaired) electrons. The summed E-state index contributed by atoms with van der Waals surface area (Å²) < 4.78 is 4.89. The first-order valence-electron chi connectivity index (χ1n) is 9.95. The van der Waals surface area contributed by atoms with Gasteiger partial charge in [-0.2, -0.15) is 0 Å². The summed E-state index contributed by atoms with van der Waals surface area (Å²) in [5, 5.41) is 10.0. The lowest BCUT2D eigenvalue weighted by Gasteiger charge is -2.36. The molecule has 1 aliphatic heterocycles. The number of piperazine rings is 1. The van der Waals surface area contributed by atoms with Crippen molar-refractivity contribution in [2.75, 3.05) is 32.7 Å². The number of hydrogen-bond acceptors (Lipinski definition) is 4. The summed E-state index contributed by atoms with van der Waals surface area (Å²) in [6.07, 6.45) is 1.59. The van der Waals surface area contributed by atoms with Gasteiger partial charge in [-0.15, -0.1) is 0 Å². The molecule has 6 nitrogen and oxygen atoms in total. The third-order valence-corrected chi connectivity index (χ3v) is 5.16. The van der Waals surface area contributed by atoms with Crippen LogP contribution in [0.2, 0.25) is 0 Å². The summed E-state index contributed by atoms with van der Waals surface area (Å²) in [6, 6.07) is 17.1. The minimum absolute atomic E-state index is 0.537. The van der Waals surface area contributed by atoms with E-state index >= 15 is 0 Å². The molecule has 6 heteroatoms. The number of aromatic nitrogens is 1. The Morgan fingerprint density at radius 2 is 1.89 bits per heavy atom. The number of rotatable bonds is 5. The molecule has 0 amide bonds. The minimum atomic E-state index is 0.537. The smallest absolute Gasteiger partial charge is 0.194 e. The van der Waals surface area contributed by atoms with Crippen LogP contribution in [-0.4, -0.2) is 53.6 Å². The number of guanidine groups is 1. The number of nitrogens with one attached hydrogen (secondary N) is 1. The molecule has 146 valence electrons. The lowest BCUT2D eigenvalue weighted by atomic mass is 10.0. The van der Waals surface area contributed by atoms with E-state index in [-0.39, 0.29) is 0 Å². The van der Waals surface area contributed by atoms with Crippen molar-refractivity contribution in [3.8, 4) is 0 Å². The summed E-state index contributed by atoms with van der Waals surface area (Å²) in [7, 11) is 0. The van der Waals surface area contributed by atoms with Crippen LogP contribution in [0, 0.1) is 0 Å². The second-order valence-corrected chi connectivity index (χ2v) is 7.06. The largest absolute Gasteiger partial charge is 0.364 e. The van der Waals surface area contributed by atoms with Gasteiger partial charge in [0.15, 0.2) is 5.96 Å². The SMILES string of the molecule is CCNC(=NCc1ccon1)N1CCN(Cc2cccc3ccccc23)CC1. The Morgan fingerprint density at radius 3 is 2.68 bits per heavy atom. The fourth-order valence-corrected chi connectivity index (χ4v) is 3.69. The van der Waals surface area contributed by atoms with Gasteiger partial charge in [0.05, 0.1) is 6.54 Å². The van der Waals surface area contributed by atoms with Crippen molar-refractivity contribution in [2.45, 2.75) is 20.0 Å². The molecule has 0 atom stereocenters. The van der Waals surface area contributed by atoms with Gasteiger partial charge in [-0.1, -0.05) is 47.6 Å². The van der Waals surface area contributed by atoms with Crippen molar-refractivity contribution < 1.29 is 4.52 Å². The third-order valence-electron chi connectivity index (χ3n) is 5.16. The maximum atomic E-state index is 4.89. The third kappa shape index (κ3) is 4.34. The predicted molar refractivity (Wildman–Crippen MR) is 112 cm³/mol. The Bertz CT molecular complexity index is 908. The zero-order chi connectivity index (χ0) is 19.2. The number of hydrogen-bond donors (Lipinski definition) is 1. The van der Waals surface area contributed by atoms with Crippen LogP contribution in [0.5, 0.6) is 0 Å². The van der Waals surface area contributed by atoms with Gasteiger partial charge < -0.3 is 14.7 Å². The van der Waals surface area contributed by atoms with Crippen LogP contribution < -0.4 is 5.32 Å². The number of fused-ring (bicyclic) bond motifs is 1. The molecule has 1 aliphatic rings. The highest BCUT2D eigenvalue weighted by atomic mass is 16.5. The maximum Gasteiger partial charge on any atom is 0.194 e. The van der Waals surface area contributed by atoms with Crippen LogP contribution in [0.4, 0.5) is 0 Å². The van der Waals surface area contributed by atoms with Gasteiger partial charge in [0.25, 0.3) is 0 Å². The fourth-order valence-electron chi connectivity index (χ4n) is 3.69. The van der Waals surface area contributed by atoms with Gasteiger partial charge in [-0.05, 0) is 23.3 Å². The standard InChI is InChI=1S/C22H27N5O/c1-2-23-22(24-16-20-10-15-28-25-20)27-13-11-26(12-14-27)17-19-8-5-7-18-6-3-4-9-21(18)19/h3-10,15H,2,11-14,16-17H2,1H3,(H,23,24). The molecule has 3 aromatic rings. The molecule has 0 spiro atoms. The highest BCUT2D eigenvalue weighted by Gasteiger charge is 2.20. The van der Waals surface area contributed by atoms with E-state index in [2.05, 4.69) is 69.7 Å². The van der Waals surface area contributed by atoms with Crippen LogP contribution >= 0.6 is 0 Å². The van der Waals surface area contributed by atoms with E-state index in [0.29, 0.717) is 6.54 Å². The monoisotopic (exact) mass is 377 g/mol. The van der Waals surface area contributed by atoms with E-state index in [4.69, 9.17) is 9.52 Å². The van der Waals surface area contributed by atoms with E-state index in [1.165, 1.54) is 16.3 Å². The lowest BCUT2D eigenvalue weighted by Crippen LogP contribution is -2.52. The van der Waals surface area contributed by atoms with Gasteiger partial charge >= 0.3 is 0 Å². The Hall–Kier alpha value is -2.86. The van der Waals surface area contributed by atoms with Crippen LogP contribution in [0.25, 0.3) is 10.8 Å². The second-order valence-electron chi connectivity index (χ2n) is 7.06. The average molecular weight is 377 g/mol. The summed E-state index contributed by atoms with van der Waals surface area (Å²) in [5.41, 5.74) is 2.25. The van der Waals surface area contributed by atoms with E-state index in [0.717, 1.165) is 50.9 Å². The Labute approximate surface area is 165 Å². The van der Waals surface area contributed by atoms with Gasteiger partial charge in [0.2, 0.25) is 0 Å². The molecule has 0 bridgehead atoms. The summed E-state index contributed by atoms with van der Waals surface area (Å²) in [5.74, 6) is 0.954. The Kier molecular flexibility index (Phi) is 5.87. The van der Waals surface area contributed by atoms with Crippen molar-refractivity contribution in [1.82, 2.24) is 20.3 Å².